The van der Waals surface area contributed by atoms with E-state index in [9.17, 15) is 4.79 Å². The summed E-state index contributed by atoms with van der Waals surface area (Å²) in [5, 5.41) is 7.44. The summed E-state index contributed by atoms with van der Waals surface area (Å²) in [4.78, 5) is 16.4. The molecule has 1 heterocycles. The number of nitrogens with zero attached hydrogens (tertiary/aromatic N) is 2. The molecule has 7 heteroatoms. The van der Waals surface area contributed by atoms with Gasteiger partial charge in [-0.15, -0.1) is 0 Å². The summed E-state index contributed by atoms with van der Waals surface area (Å²) in [6, 6.07) is 14.7. The van der Waals surface area contributed by atoms with Gasteiger partial charge in [-0.3, -0.25) is 4.79 Å². The third-order valence-electron chi connectivity index (χ3n) is 3.80. The minimum atomic E-state index is -0.0952. The van der Waals surface area contributed by atoms with E-state index in [2.05, 4.69) is 15.5 Å². The van der Waals surface area contributed by atoms with Gasteiger partial charge in [0.25, 0.3) is 0 Å². The van der Waals surface area contributed by atoms with Crippen LogP contribution in [0.3, 0.4) is 0 Å². The molecule has 1 amide bonds. The molecule has 0 bridgehead atoms. The average molecular weight is 372 g/mol. The first-order chi connectivity index (χ1) is 12.7. The van der Waals surface area contributed by atoms with Crippen LogP contribution in [0.5, 0.6) is 5.75 Å². The number of benzene rings is 2. The topological polar surface area (TPSA) is 77.2 Å². The molecule has 0 radical (unpaired) electrons. The summed E-state index contributed by atoms with van der Waals surface area (Å²) in [5.41, 5.74) is 1.73. The van der Waals surface area contributed by atoms with Crippen LogP contribution in [-0.2, 0) is 17.8 Å². The zero-order valence-corrected chi connectivity index (χ0v) is 15.0. The normalized spacial score (nSPS) is 10.5. The molecule has 6 nitrogen and oxygen atoms in total. The first-order valence-electron chi connectivity index (χ1n) is 8.13. The Kier molecular flexibility index (Phi) is 5.86. The standard InChI is InChI=1S/C19H18ClN3O3/c1-25-16-5-3-2-4-14(16)12-21-17(24)10-11-18-22-19(23-26-18)13-6-8-15(20)9-7-13/h2-9H,10-12H2,1H3,(H,21,24). The van der Waals surface area contributed by atoms with Crippen molar-refractivity contribution in [3.8, 4) is 17.1 Å². The summed E-state index contributed by atoms with van der Waals surface area (Å²) < 4.78 is 10.5. The van der Waals surface area contributed by atoms with E-state index in [1.807, 2.05) is 36.4 Å². The SMILES string of the molecule is COc1ccccc1CNC(=O)CCc1nc(-c2ccc(Cl)cc2)no1. The van der Waals surface area contributed by atoms with Crippen LogP contribution in [0.4, 0.5) is 0 Å². The van der Waals surface area contributed by atoms with E-state index >= 15 is 0 Å². The van der Waals surface area contributed by atoms with Gasteiger partial charge < -0.3 is 14.6 Å². The highest BCUT2D eigenvalue weighted by Crippen LogP contribution is 2.19. The van der Waals surface area contributed by atoms with Crippen LogP contribution in [-0.4, -0.2) is 23.2 Å². The number of amides is 1. The fourth-order valence-electron chi connectivity index (χ4n) is 2.42. The lowest BCUT2D eigenvalue weighted by atomic mass is 10.2. The second-order valence-electron chi connectivity index (χ2n) is 5.61. The maximum atomic E-state index is 12.0. The van der Waals surface area contributed by atoms with Crippen molar-refractivity contribution in [2.75, 3.05) is 7.11 Å². The number of carbonyl (C=O) groups excluding carboxylic acids is 1. The Bertz CT molecular complexity index is 878. The molecule has 26 heavy (non-hydrogen) atoms. The highest BCUT2D eigenvalue weighted by molar-refractivity contribution is 6.30. The number of methoxy groups -OCH3 is 1. The minimum Gasteiger partial charge on any atom is -0.496 e. The predicted octanol–water partition coefficient (Wildman–Crippen LogP) is 3.65. The Morgan fingerprint density at radius 2 is 1.96 bits per heavy atom. The van der Waals surface area contributed by atoms with E-state index in [1.54, 1.807) is 19.2 Å². The zero-order chi connectivity index (χ0) is 18.4. The second-order valence-corrected chi connectivity index (χ2v) is 6.04. The average Bonchev–Trinajstić information content (AvgIpc) is 3.14. The Labute approximate surface area is 156 Å². The van der Waals surface area contributed by atoms with Gasteiger partial charge in [-0.05, 0) is 30.3 Å². The van der Waals surface area contributed by atoms with Crippen LogP contribution in [0.15, 0.2) is 53.1 Å². The number of aryl methyl sites for hydroxylation is 1. The number of nitrogens with one attached hydrogen (secondary N) is 1. The van der Waals surface area contributed by atoms with Crippen molar-refractivity contribution in [1.82, 2.24) is 15.5 Å². The van der Waals surface area contributed by atoms with Crippen molar-refractivity contribution in [1.29, 1.82) is 0 Å². The number of hydrogen-bond donors (Lipinski definition) is 1. The molecule has 0 aliphatic rings. The van der Waals surface area contributed by atoms with Gasteiger partial charge in [0.1, 0.15) is 5.75 Å². The number of hydrogen-bond acceptors (Lipinski definition) is 5. The summed E-state index contributed by atoms with van der Waals surface area (Å²) in [6.45, 7) is 0.405. The smallest absolute Gasteiger partial charge is 0.227 e. The molecule has 1 aromatic heterocycles. The number of para-hydroxylation sites is 1. The molecular formula is C19H18ClN3O3. The fourth-order valence-corrected chi connectivity index (χ4v) is 2.55. The molecule has 1 N–H and O–H groups in total. The molecule has 3 rings (SSSR count). The molecule has 0 aliphatic carbocycles. The molecule has 0 unspecified atom stereocenters. The van der Waals surface area contributed by atoms with E-state index in [4.69, 9.17) is 20.9 Å². The van der Waals surface area contributed by atoms with Gasteiger partial charge in [-0.1, -0.05) is 35.0 Å². The van der Waals surface area contributed by atoms with Crippen LogP contribution in [0.1, 0.15) is 17.9 Å². The Morgan fingerprint density at radius 1 is 1.19 bits per heavy atom. The predicted molar refractivity (Wildman–Crippen MR) is 97.9 cm³/mol. The van der Waals surface area contributed by atoms with Crippen LogP contribution in [0.25, 0.3) is 11.4 Å². The van der Waals surface area contributed by atoms with Gasteiger partial charge in [-0.25, -0.2) is 0 Å². The fraction of sp³-hybridized carbons (Fsp3) is 0.211. The van der Waals surface area contributed by atoms with Crippen LogP contribution in [0, 0.1) is 0 Å². The van der Waals surface area contributed by atoms with E-state index in [0.29, 0.717) is 29.7 Å². The first-order valence-corrected chi connectivity index (χ1v) is 8.50. The molecule has 0 aliphatic heterocycles. The number of ether oxygens (including phenoxy) is 1. The molecule has 0 atom stereocenters. The zero-order valence-electron chi connectivity index (χ0n) is 14.2. The molecule has 0 spiro atoms. The summed E-state index contributed by atoms with van der Waals surface area (Å²) >= 11 is 5.87. The largest absolute Gasteiger partial charge is 0.496 e. The van der Waals surface area contributed by atoms with E-state index < -0.39 is 0 Å². The Balaban J connectivity index is 1.51. The van der Waals surface area contributed by atoms with Crippen LogP contribution >= 0.6 is 11.6 Å². The lowest BCUT2D eigenvalue weighted by molar-refractivity contribution is -0.121. The van der Waals surface area contributed by atoms with Gasteiger partial charge in [0, 0.05) is 35.5 Å². The van der Waals surface area contributed by atoms with Crippen molar-refractivity contribution >= 4 is 17.5 Å². The first kappa shape index (κ1) is 17.9. The quantitative estimate of drug-likeness (QED) is 0.686. The molecule has 134 valence electrons. The highest BCUT2D eigenvalue weighted by atomic mass is 35.5. The summed E-state index contributed by atoms with van der Waals surface area (Å²) in [5.74, 6) is 1.55. The number of carbonyl (C=O) groups is 1. The second kappa shape index (κ2) is 8.49. The number of aromatic nitrogens is 2. The van der Waals surface area contributed by atoms with E-state index in [-0.39, 0.29) is 12.3 Å². The van der Waals surface area contributed by atoms with E-state index in [1.165, 1.54) is 0 Å². The van der Waals surface area contributed by atoms with Crippen LogP contribution in [0.2, 0.25) is 5.02 Å². The van der Waals surface area contributed by atoms with Gasteiger partial charge in [-0.2, -0.15) is 4.98 Å². The van der Waals surface area contributed by atoms with Crippen molar-refractivity contribution in [2.45, 2.75) is 19.4 Å². The van der Waals surface area contributed by atoms with Crippen molar-refractivity contribution in [3.63, 3.8) is 0 Å². The lowest BCUT2D eigenvalue weighted by Crippen LogP contribution is -2.23. The summed E-state index contributed by atoms with van der Waals surface area (Å²) in [6.07, 6.45) is 0.635. The lowest BCUT2D eigenvalue weighted by Gasteiger charge is -2.09. The molecule has 2 aromatic carbocycles. The van der Waals surface area contributed by atoms with Crippen molar-refractivity contribution in [2.24, 2.45) is 0 Å². The van der Waals surface area contributed by atoms with Gasteiger partial charge in [0.2, 0.25) is 17.6 Å². The molecular weight excluding hydrogens is 354 g/mol. The summed E-state index contributed by atoms with van der Waals surface area (Å²) in [7, 11) is 1.61. The molecule has 0 saturated carbocycles. The van der Waals surface area contributed by atoms with Crippen LogP contribution < -0.4 is 10.1 Å². The minimum absolute atomic E-state index is 0.0952. The van der Waals surface area contributed by atoms with Gasteiger partial charge >= 0.3 is 0 Å². The van der Waals surface area contributed by atoms with E-state index in [0.717, 1.165) is 16.9 Å². The third-order valence-corrected chi connectivity index (χ3v) is 4.06. The Hall–Kier alpha value is -2.86. The van der Waals surface area contributed by atoms with Crippen molar-refractivity contribution in [3.05, 3.63) is 65.0 Å². The Morgan fingerprint density at radius 3 is 2.73 bits per heavy atom. The maximum absolute atomic E-state index is 12.0. The third kappa shape index (κ3) is 4.61. The van der Waals surface area contributed by atoms with Crippen molar-refractivity contribution < 1.29 is 14.1 Å². The molecule has 3 aromatic rings. The number of rotatable bonds is 7. The molecule has 0 saturated heterocycles. The maximum Gasteiger partial charge on any atom is 0.227 e. The van der Waals surface area contributed by atoms with Gasteiger partial charge in [0.05, 0.1) is 7.11 Å². The monoisotopic (exact) mass is 371 g/mol. The molecule has 0 fully saturated rings. The number of halogens is 1. The van der Waals surface area contributed by atoms with Gasteiger partial charge in [0.15, 0.2) is 0 Å². The highest BCUT2D eigenvalue weighted by Gasteiger charge is 2.11.